The van der Waals surface area contributed by atoms with Gasteiger partial charge in [0.15, 0.2) is 9.84 Å². The standard InChI is InChI=1S/C8H11B2BrO3S/c1-10-8(9,11)15(13,14)7-4-2-6(12)3-5-7/h2-5,10,12H,9H2,1H3. The predicted molar refractivity (Wildman–Crippen MR) is 68.5 cm³/mol. The van der Waals surface area contributed by atoms with Gasteiger partial charge < -0.3 is 5.11 Å². The molecule has 0 saturated heterocycles. The van der Waals surface area contributed by atoms with E-state index in [-0.39, 0.29) is 10.6 Å². The number of halogens is 1. The Kier molecular flexibility index (Phi) is 3.55. The van der Waals surface area contributed by atoms with E-state index in [0.717, 1.165) is 0 Å². The normalized spacial score (nSPS) is 15.6. The Hall–Kier alpha value is -0.420. The molecule has 0 aliphatic heterocycles. The third-order valence-electron chi connectivity index (χ3n) is 2.34. The number of alkyl halides is 1. The van der Waals surface area contributed by atoms with Crippen LogP contribution in [0.2, 0.25) is 6.82 Å². The SMILES string of the molecule is BC(Br)(BC)S(=O)(=O)c1ccc(O)cc1. The fourth-order valence-electron chi connectivity index (χ4n) is 1.06. The minimum Gasteiger partial charge on any atom is -0.508 e. The molecule has 15 heavy (non-hydrogen) atoms. The van der Waals surface area contributed by atoms with Gasteiger partial charge in [0.25, 0.3) is 0 Å². The molecule has 0 amide bonds. The van der Waals surface area contributed by atoms with Gasteiger partial charge in [-0.05, 0) is 24.3 Å². The first kappa shape index (κ1) is 12.6. The monoisotopic (exact) mass is 288 g/mol. The minimum absolute atomic E-state index is 0.0572. The van der Waals surface area contributed by atoms with Crippen LogP contribution in [-0.4, -0.2) is 32.1 Å². The van der Waals surface area contributed by atoms with Gasteiger partial charge in [-0.15, -0.1) is 0 Å². The Morgan fingerprint density at radius 2 is 1.87 bits per heavy atom. The van der Waals surface area contributed by atoms with E-state index in [2.05, 4.69) is 15.9 Å². The number of benzene rings is 1. The van der Waals surface area contributed by atoms with Crippen LogP contribution in [0.4, 0.5) is 0 Å². The number of sulfone groups is 1. The summed E-state index contributed by atoms with van der Waals surface area (Å²) >= 11 is 3.21. The lowest BCUT2D eigenvalue weighted by atomic mass is 9.67. The molecule has 1 rings (SSSR count). The molecule has 0 aliphatic rings. The maximum Gasteiger partial charge on any atom is 0.178 e. The average Bonchev–Trinajstić information content (AvgIpc) is 2.18. The maximum absolute atomic E-state index is 12.1. The van der Waals surface area contributed by atoms with Gasteiger partial charge in [0, 0.05) is 0 Å². The maximum atomic E-state index is 12.1. The summed E-state index contributed by atoms with van der Waals surface area (Å²) in [6.45, 7) is 1.80. The van der Waals surface area contributed by atoms with Crippen molar-refractivity contribution >= 4 is 40.9 Å². The summed E-state index contributed by atoms with van der Waals surface area (Å²) < 4.78 is 23.2. The molecule has 0 aromatic heterocycles. The molecule has 0 radical (unpaired) electrons. The van der Waals surface area contributed by atoms with Crippen LogP contribution in [-0.2, 0) is 9.84 Å². The molecule has 1 aromatic rings. The van der Waals surface area contributed by atoms with Crippen LogP contribution in [0, 0.1) is 0 Å². The third kappa shape index (κ3) is 2.39. The van der Waals surface area contributed by atoms with Crippen molar-refractivity contribution < 1.29 is 13.5 Å². The second kappa shape index (κ2) is 4.22. The topological polar surface area (TPSA) is 54.4 Å². The van der Waals surface area contributed by atoms with Crippen LogP contribution >= 0.6 is 15.9 Å². The Morgan fingerprint density at radius 1 is 1.40 bits per heavy atom. The van der Waals surface area contributed by atoms with Gasteiger partial charge in [-0.25, -0.2) is 8.42 Å². The highest BCUT2D eigenvalue weighted by atomic mass is 79.9. The van der Waals surface area contributed by atoms with E-state index >= 15 is 0 Å². The molecule has 0 spiro atoms. The third-order valence-corrected chi connectivity index (χ3v) is 6.48. The summed E-state index contributed by atoms with van der Waals surface area (Å²) in [6.07, 6.45) is 0. The zero-order valence-electron chi connectivity index (χ0n) is 8.57. The van der Waals surface area contributed by atoms with E-state index in [9.17, 15) is 8.42 Å². The molecule has 1 N–H and O–H groups in total. The summed E-state index contributed by atoms with van der Waals surface area (Å²) in [5, 5.41) is 9.08. The lowest BCUT2D eigenvalue weighted by Crippen LogP contribution is -2.37. The average molecular weight is 289 g/mol. The van der Waals surface area contributed by atoms with Crippen molar-refractivity contribution in [2.45, 2.75) is 15.2 Å². The van der Waals surface area contributed by atoms with Crippen molar-refractivity contribution in [1.82, 2.24) is 0 Å². The highest BCUT2D eigenvalue weighted by Crippen LogP contribution is 2.28. The quantitative estimate of drug-likeness (QED) is 0.642. The number of hydrogen-bond acceptors (Lipinski definition) is 3. The minimum atomic E-state index is -3.40. The molecule has 80 valence electrons. The molecule has 7 heteroatoms. The largest absolute Gasteiger partial charge is 0.508 e. The Bertz CT molecular complexity index is 441. The van der Waals surface area contributed by atoms with Crippen LogP contribution in [0.5, 0.6) is 5.75 Å². The van der Waals surface area contributed by atoms with Crippen molar-refractivity contribution in [2.24, 2.45) is 0 Å². The zero-order chi connectivity index (χ0) is 11.7. The van der Waals surface area contributed by atoms with Crippen molar-refractivity contribution in [3.8, 4) is 5.75 Å². The van der Waals surface area contributed by atoms with E-state index in [4.69, 9.17) is 5.11 Å². The highest BCUT2D eigenvalue weighted by molar-refractivity contribution is 9.12. The van der Waals surface area contributed by atoms with Gasteiger partial charge >= 0.3 is 0 Å². The van der Waals surface area contributed by atoms with Crippen LogP contribution in [0.3, 0.4) is 0 Å². The smallest absolute Gasteiger partial charge is 0.178 e. The Balaban J connectivity index is 3.24. The van der Waals surface area contributed by atoms with E-state index in [1.807, 2.05) is 0 Å². The molecule has 0 saturated carbocycles. The molecule has 0 aliphatic carbocycles. The van der Waals surface area contributed by atoms with Gasteiger partial charge in [-0.3, -0.25) is 0 Å². The summed E-state index contributed by atoms with van der Waals surface area (Å²) in [7, 11) is -1.31. The van der Waals surface area contributed by atoms with Crippen LogP contribution in [0.1, 0.15) is 0 Å². The molecular weight excluding hydrogens is 278 g/mol. The number of aromatic hydroxyl groups is 1. The number of phenols is 1. The Morgan fingerprint density at radius 3 is 2.27 bits per heavy atom. The molecule has 1 unspecified atom stereocenters. The first-order valence-electron chi connectivity index (χ1n) is 4.54. The summed E-state index contributed by atoms with van der Waals surface area (Å²) in [6, 6.07) is 5.54. The fraction of sp³-hybridized carbons (Fsp3) is 0.250. The molecule has 0 bridgehead atoms. The number of rotatable bonds is 3. The van der Waals surface area contributed by atoms with Crippen molar-refractivity contribution in [1.29, 1.82) is 0 Å². The second-order valence-corrected chi connectivity index (χ2v) is 8.11. The predicted octanol–water partition coefficient (Wildman–Crippen LogP) is 0.290. The number of phenolic OH excluding ortho intramolecular Hbond substituents is 1. The van der Waals surface area contributed by atoms with E-state index < -0.39 is 13.3 Å². The van der Waals surface area contributed by atoms with Crippen molar-refractivity contribution in [3.63, 3.8) is 0 Å². The van der Waals surface area contributed by atoms with Crippen LogP contribution < -0.4 is 0 Å². The van der Waals surface area contributed by atoms with Gasteiger partial charge in [0.1, 0.15) is 20.9 Å². The fourth-order valence-corrected chi connectivity index (χ4v) is 2.99. The van der Waals surface area contributed by atoms with Gasteiger partial charge in [-0.2, -0.15) is 0 Å². The van der Waals surface area contributed by atoms with E-state index in [0.29, 0.717) is 7.28 Å². The number of hydrogen-bond donors (Lipinski definition) is 1. The van der Waals surface area contributed by atoms with Crippen LogP contribution in [0.25, 0.3) is 0 Å². The first-order chi connectivity index (χ1) is 6.81. The molecule has 1 aromatic carbocycles. The van der Waals surface area contributed by atoms with Crippen molar-refractivity contribution in [3.05, 3.63) is 24.3 Å². The lowest BCUT2D eigenvalue weighted by Gasteiger charge is -2.20. The van der Waals surface area contributed by atoms with E-state index in [1.54, 1.807) is 14.7 Å². The zero-order valence-corrected chi connectivity index (χ0v) is 11.0. The summed E-state index contributed by atoms with van der Waals surface area (Å²) in [5.41, 5.74) is 0. The molecule has 1 atom stereocenters. The highest BCUT2D eigenvalue weighted by Gasteiger charge is 2.36. The lowest BCUT2D eigenvalue weighted by molar-refractivity contribution is 0.475. The summed E-state index contributed by atoms with van der Waals surface area (Å²) in [5.74, 6) is 0.0572. The van der Waals surface area contributed by atoms with Crippen LogP contribution in [0.15, 0.2) is 29.2 Å². The summed E-state index contributed by atoms with van der Waals surface area (Å²) in [4.78, 5) is 0.210. The molecular formula is C8H11B2BrO3S. The Labute approximate surface area is 99.6 Å². The first-order valence-corrected chi connectivity index (χ1v) is 6.81. The van der Waals surface area contributed by atoms with Gasteiger partial charge in [0.2, 0.25) is 0 Å². The molecule has 0 fully saturated rings. The molecule has 3 nitrogen and oxygen atoms in total. The van der Waals surface area contributed by atoms with Gasteiger partial charge in [0.05, 0.1) is 8.35 Å². The van der Waals surface area contributed by atoms with E-state index in [1.165, 1.54) is 24.3 Å². The second-order valence-electron chi connectivity index (χ2n) is 3.45. The van der Waals surface area contributed by atoms with Gasteiger partial charge in [-0.1, -0.05) is 22.8 Å². The van der Waals surface area contributed by atoms with Crippen molar-refractivity contribution in [2.75, 3.05) is 0 Å². The molecule has 0 heterocycles.